The van der Waals surface area contributed by atoms with Crippen LogP contribution in [0.25, 0.3) is 0 Å². The van der Waals surface area contributed by atoms with Crippen LogP contribution in [0.2, 0.25) is 0 Å². The maximum Gasteiger partial charge on any atom is 0.337 e. The lowest BCUT2D eigenvalue weighted by atomic mass is 10.2. The largest absolute Gasteiger partial charge is 0.478 e. The number of halogens is 1. The van der Waals surface area contributed by atoms with Gasteiger partial charge in [-0.25, -0.2) is 9.78 Å². The van der Waals surface area contributed by atoms with Gasteiger partial charge in [0.2, 0.25) is 0 Å². The number of aromatic carboxylic acids is 1. The molecule has 5 nitrogen and oxygen atoms in total. The molecule has 1 aromatic carbocycles. The summed E-state index contributed by atoms with van der Waals surface area (Å²) in [6, 6.07) is 7.14. The molecule has 0 fully saturated rings. The molecule has 4 N–H and O–H groups in total. The van der Waals surface area contributed by atoms with Crippen LogP contribution in [0.1, 0.15) is 15.9 Å². The minimum absolute atomic E-state index is 0.0654. The summed E-state index contributed by atoms with van der Waals surface area (Å²) in [7, 11) is 0. The summed E-state index contributed by atoms with van der Waals surface area (Å²) in [5, 5.41) is 11.9. The van der Waals surface area contributed by atoms with Crippen LogP contribution in [0.4, 0.5) is 17.2 Å². The summed E-state index contributed by atoms with van der Waals surface area (Å²) in [6.07, 6.45) is 1.27. The number of pyridine rings is 1. The number of benzene rings is 1. The SMILES string of the molecule is Cc1cc(Br)ccc1Nc1ncc(C(=O)O)cc1N. The van der Waals surface area contributed by atoms with Gasteiger partial charge in [0.05, 0.1) is 11.3 Å². The quantitative estimate of drug-likeness (QED) is 0.808. The lowest BCUT2D eigenvalue weighted by Gasteiger charge is -2.11. The van der Waals surface area contributed by atoms with Gasteiger partial charge in [-0.3, -0.25) is 0 Å². The van der Waals surface area contributed by atoms with Gasteiger partial charge in [0.25, 0.3) is 0 Å². The van der Waals surface area contributed by atoms with Crippen molar-refractivity contribution in [2.75, 3.05) is 11.1 Å². The lowest BCUT2D eigenvalue weighted by Crippen LogP contribution is -2.04. The molecule has 2 aromatic rings. The Bertz CT molecular complexity index is 644. The molecule has 0 aliphatic rings. The molecular weight excluding hydrogens is 310 g/mol. The van der Waals surface area contributed by atoms with Crippen molar-refractivity contribution in [3.8, 4) is 0 Å². The molecule has 0 saturated carbocycles. The van der Waals surface area contributed by atoms with Gasteiger partial charge in [0, 0.05) is 16.4 Å². The average Bonchev–Trinajstić information content (AvgIpc) is 2.34. The first-order valence-electron chi connectivity index (χ1n) is 5.49. The number of nitrogen functional groups attached to an aromatic ring is 1. The lowest BCUT2D eigenvalue weighted by molar-refractivity contribution is 0.0696. The van der Waals surface area contributed by atoms with Crippen LogP contribution in [0, 0.1) is 6.92 Å². The van der Waals surface area contributed by atoms with Crippen molar-refractivity contribution in [3.05, 3.63) is 46.1 Å². The Labute approximate surface area is 118 Å². The fourth-order valence-electron chi connectivity index (χ4n) is 1.60. The molecule has 98 valence electrons. The van der Waals surface area contributed by atoms with E-state index in [0.29, 0.717) is 11.5 Å². The van der Waals surface area contributed by atoms with E-state index in [0.717, 1.165) is 15.7 Å². The number of carbonyl (C=O) groups is 1. The Hall–Kier alpha value is -2.08. The molecule has 0 bridgehead atoms. The van der Waals surface area contributed by atoms with Gasteiger partial charge in [-0.05, 0) is 36.8 Å². The van der Waals surface area contributed by atoms with E-state index >= 15 is 0 Å². The first-order chi connectivity index (χ1) is 8.97. The van der Waals surface area contributed by atoms with Gasteiger partial charge >= 0.3 is 5.97 Å². The van der Waals surface area contributed by atoms with Crippen molar-refractivity contribution in [1.29, 1.82) is 0 Å². The number of aromatic nitrogens is 1. The standard InChI is InChI=1S/C13H12BrN3O2/c1-7-4-9(14)2-3-11(7)17-12-10(15)5-8(6-16-12)13(18)19/h2-6H,15H2,1H3,(H,16,17)(H,18,19). The fourth-order valence-corrected chi connectivity index (χ4v) is 2.07. The summed E-state index contributed by atoms with van der Waals surface area (Å²) in [5.74, 6) is -0.610. The minimum Gasteiger partial charge on any atom is -0.478 e. The van der Waals surface area contributed by atoms with Crippen molar-refractivity contribution in [3.63, 3.8) is 0 Å². The third-order valence-corrected chi connectivity index (χ3v) is 3.10. The molecule has 1 aromatic heterocycles. The predicted octanol–water partition coefficient (Wildman–Crippen LogP) is 3.18. The molecule has 2 rings (SSSR count). The number of carboxylic acid groups (broad SMARTS) is 1. The zero-order valence-corrected chi connectivity index (χ0v) is 11.7. The van der Waals surface area contributed by atoms with Crippen molar-refractivity contribution in [2.24, 2.45) is 0 Å². The Kier molecular flexibility index (Phi) is 3.71. The Morgan fingerprint density at radius 3 is 2.74 bits per heavy atom. The highest BCUT2D eigenvalue weighted by molar-refractivity contribution is 9.10. The van der Waals surface area contributed by atoms with E-state index in [-0.39, 0.29) is 5.56 Å². The monoisotopic (exact) mass is 321 g/mol. The Morgan fingerprint density at radius 2 is 2.16 bits per heavy atom. The number of nitrogens with one attached hydrogen (secondary N) is 1. The van der Waals surface area contributed by atoms with E-state index in [1.165, 1.54) is 12.3 Å². The molecule has 0 saturated heterocycles. The topological polar surface area (TPSA) is 88.2 Å². The second-order valence-electron chi connectivity index (χ2n) is 4.05. The van der Waals surface area contributed by atoms with Crippen molar-refractivity contribution in [1.82, 2.24) is 4.98 Å². The van der Waals surface area contributed by atoms with Crippen LogP contribution >= 0.6 is 15.9 Å². The van der Waals surface area contributed by atoms with Gasteiger partial charge in [0.15, 0.2) is 5.82 Å². The van der Waals surface area contributed by atoms with E-state index in [1.807, 2.05) is 25.1 Å². The number of aryl methyl sites for hydroxylation is 1. The molecule has 0 aliphatic carbocycles. The smallest absolute Gasteiger partial charge is 0.337 e. The third kappa shape index (κ3) is 3.03. The Balaban J connectivity index is 2.31. The zero-order valence-electron chi connectivity index (χ0n) is 10.1. The number of hydrogen-bond donors (Lipinski definition) is 3. The first kappa shape index (κ1) is 13.4. The molecule has 1 heterocycles. The number of nitrogens with zero attached hydrogens (tertiary/aromatic N) is 1. The zero-order chi connectivity index (χ0) is 14.0. The van der Waals surface area contributed by atoms with Gasteiger partial charge < -0.3 is 16.2 Å². The second kappa shape index (κ2) is 5.27. The maximum absolute atomic E-state index is 10.8. The van der Waals surface area contributed by atoms with Gasteiger partial charge in [0.1, 0.15) is 0 Å². The van der Waals surface area contributed by atoms with Gasteiger partial charge in [-0.15, -0.1) is 0 Å². The van der Waals surface area contributed by atoms with Crippen LogP contribution in [-0.4, -0.2) is 16.1 Å². The first-order valence-corrected chi connectivity index (χ1v) is 6.28. The molecule has 6 heteroatoms. The summed E-state index contributed by atoms with van der Waals surface area (Å²) in [6.45, 7) is 1.95. The van der Waals surface area contributed by atoms with Crippen LogP contribution in [0.5, 0.6) is 0 Å². The number of carboxylic acids is 1. The summed E-state index contributed by atoms with van der Waals surface area (Å²) in [4.78, 5) is 14.8. The van der Waals surface area contributed by atoms with Crippen molar-refractivity contribution >= 4 is 39.1 Å². The van der Waals surface area contributed by atoms with Gasteiger partial charge in [-0.1, -0.05) is 15.9 Å². The molecule has 0 amide bonds. The Morgan fingerprint density at radius 1 is 1.42 bits per heavy atom. The molecular formula is C13H12BrN3O2. The third-order valence-electron chi connectivity index (χ3n) is 2.61. The molecule has 19 heavy (non-hydrogen) atoms. The second-order valence-corrected chi connectivity index (χ2v) is 4.97. The van der Waals surface area contributed by atoms with Crippen LogP contribution < -0.4 is 11.1 Å². The number of hydrogen-bond acceptors (Lipinski definition) is 4. The van der Waals surface area contributed by atoms with Crippen LogP contribution in [-0.2, 0) is 0 Å². The highest BCUT2D eigenvalue weighted by Crippen LogP contribution is 2.26. The summed E-state index contributed by atoms with van der Waals surface area (Å²) < 4.78 is 0.984. The predicted molar refractivity (Wildman–Crippen MR) is 77.8 cm³/mol. The summed E-state index contributed by atoms with van der Waals surface area (Å²) >= 11 is 3.39. The van der Waals surface area contributed by atoms with Crippen LogP contribution in [0.3, 0.4) is 0 Å². The minimum atomic E-state index is -1.05. The van der Waals surface area contributed by atoms with E-state index in [9.17, 15) is 4.79 Å². The van der Waals surface area contributed by atoms with Gasteiger partial charge in [-0.2, -0.15) is 0 Å². The van der Waals surface area contributed by atoms with Crippen molar-refractivity contribution < 1.29 is 9.90 Å². The molecule has 0 spiro atoms. The van der Waals surface area contributed by atoms with E-state index in [2.05, 4.69) is 26.2 Å². The van der Waals surface area contributed by atoms with Crippen molar-refractivity contribution in [2.45, 2.75) is 6.92 Å². The molecule has 0 unspecified atom stereocenters. The van der Waals surface area contributed by atoms with E-state index < -0.39 is 5.97 Å². The number of nitrogens with two attached hydrogens (primary N) is 1. The average molecular weight is 322 g/mol. The molecule has 0 aliphatic heterocycles. The summed E-state index contributed by atoms with van der Waals surface area (Å²) in [5.41, 5.74) is 8.04. The van der Waals surface area contributed by atoms with E-state index in [4.69, 9.17) is 10.8 Å². The fraction of sp³-hybridized carbons (Fsp3) is 0.0769. The highest BCUT2D eigenvalue weighted by Gasteiger charge is 2.08. The number of anilines is 3. The van der Waals surface area contributed by atoms with E-state index in [1.54, 1.807) is 0 Å². The highest BCUT2D eigenvalue weighted by atomic mass is 79.9. The normalized spacial score (nSPS) is 10.2. The molecule has 0 atom stereocenters. The number of rotatable bonds is 3. The molecule has 0 radical (unpaired) electrons. The maximum atomic E-state index is 10.8. The van der Waals surface area contributed by atoms with Crippen LogP contribution in [0.15, 0.2) is 34.9 Å².